The summed E-state index contributed by atoms with van der Waals surface area (Å²) in [6, 6.07) is 11.7. The van der Waals surface area contributed by atoms with Gasteiger partial charge in [-0.25, -0.2) is 0 Å². The molecule has 1 atom stereocenters. The SMILES string of the molecule is CC(C)Oc1ccc(C2/C(=C(\O)c3ccc4c(c3)OCCO4)C(=O)C(=O)N2CCN2CCCC2)cc1. The van der Waals surface area contributed by atoms with Gasteiger partial charge in [-0.1, -0.05) is 12.1 Å². The number of hydrogen-bond acceptors (Lipinski definition) is 7. The van der Waals surface area contributed by atoms with Gasteiger partial charge >= 0.3 is 0 Å². The van der Waals surface area contributed by atoms with Crippen molar-refractivity contribution < 1.29 is 28.9 Å². The summed E-state index contributed by atoms with van der Waals surface area (Å²) < 4.78 is 17.0. The van der Waals surface area contributed by atoms with Crippen molar-refractivity contribution in [1.82, 2.24) is 9.80 Å². The van der Waals surface area contributed by atoms with Crippen molar-refractivity contribution in [2.75, 3.05) is 39.4 Å². The van der Waals surface area contributed by atoms with Crippen LogP contribution < -0.4 is 14.2 Å². The summed E-state index contributed by atoms with van der Waals surface area (Å²) >= 11 is 0. The first-order valence-electron chi connectivity index (χ1n) is 12.6. The molecule has 3 aliphatic rings. The van der Waals surface area contributed by atoms with Crippen LogP contribution in [-0.2, 0) is 9.59 Å². The number of nitrogens with zero attached hydrogens (tertiary/aromatic N) is 2. The normalized spacial score (nSPS) is 21.4. The van der Waals surface area contributed by atoms with Crippen molar-refractivity contribution in [3.63, 3.8) is 0 Å². The first-order valence-corrected chi connectivity index (χ1v) is 12.6. The summed E-state index contributed by atoms with van der Waals surface area (Å²) in [6.07, 6.45) is 2.31. The van der Waals surface area contributed by atoms with E-state index in [0.29, 0.717) is 49.1 Å². The number of carbonyl (C=O) groups is 2. The molecule has 2 saturated heterocycles. The molecule has 8 heteroatoms. The highest BCUT2D eigenvalue weighted by Crippen LogP contribution is 2.41. The maximum atomic E-state index is 13.3. The van der Waals surface area contributed by atoms with Crippen LogP contribution in [0.3, 0.4) is 0 Å². The predicted molar refractivity (Wildman–Crippen MR) is 134 cm³/mol. The van der Waals surface area contributed by atoms with Crippen molar-refractivity contribution in [1.29, 1.82) is 0 Å². The van der Waals surface area contributed by atoms with Crippen LogP contribution in [0, 0.1) is 0 Å². The molecule has 2 aromatic rings. The Balaban J connectivity index is 1.53. The van der Waals surface area contributed by atoms with E-state index in [1.165, 1.54) is 0 Å². The molecule has 1 N–H and O–H groups in total. The van der Waals surface area contributed by atoms with E-state index in [1.54, 1.807) is 23.1 Å². The molecular weight excluding hydrogens is 460 g/mol. The van der Waals surface area contributed by atoms with Gasteiger partial charge in [0.2, 0.25) is 0 Å². The second-order valence-corrected chi connectivity index (χ2v) is 9.64. The number of carbonyl (C=O) groups excluding carboxylic acids is 2. The number of rotatable bonds is 7. The van der Waals surface area contributed by atoms with Crippen LogP contribution >= 0.6 is 0 Å². The van der Waals surface area contributed by atoms with Crippen LogP contribution in [0.15, 0.2) is 48.0 Å². The molecule has 0 aromatic heterocycles. The fraction of sp³-hybridized carbons (Fsp3) is 0.429. The first-order chi connectivity index (χ1) is 17.4. The third kappa shape index (κ3) is 4.78. The van der Waals surface area contributed by atoms with Gasteiger partial charge < -0.3 is 29.1 Å². The highest BCUT2D eigenvalue weighted by Gasteiger charge is 2.46. The number of ketones is 1. The van der Waals surface area contributed by atoms with Crippen LogP contribution in [0.5, 0.6) is 17.2 Å². The molecule has 0 spiro atoms. The van der Waals surface area contributed by atoms with Crippen LogP contribution in [0.4, 0.5) is 0 Å². The van der Waals surface area contributed by atoms with Crippen molar-refractivity contribution in [3.8, 4) is 17.2 Å². The van der Waals surface area contributed by atoms with Gasteiger partial charge in [0.1, 0.15) is 24.7 Å². The molecule has 2 fully saturated rings. The minimum atomic E-state index is -0.700. The lowest BCUT2D eigenvalue weighted by Crippen LogP contribution is -2.37. The number of aliphatic hydroxyl groups excluding tert-OH is 1. The van der Waals surface area contributed by atoms with Crippen molar-refractivity contribution in [2.24, 2.45) is 0 Å². The van der Waals surface area contributed by atoms with Gasteiger partial charge in [-0.05, 0) is 75.7 Å². The Morgan fingerprint density at radius 2 is 1.69 bits per heavy atom. The molecule has 36 heavy (non-hydrogen) atoms. The Labute approximate surface area is 211 Å². The molecule has 1 amide bonds. The monoisotopic (exact) mass is 492 g/mol. The summed E-state index contributed by atoms with van der Waals surface area (Å²) in [7, 11) is 0. The van der Waals surface area contributed by atoms with Crippen molar-refractivity contribution >= 4 is 17.4 Å². The minimum absolute atomic E-state index is 0.0251. The predicted octanol–water partition coefficient (Wildman–Crippen LogP) is 3.76. The molecule has 190 valence electrons. The smallest absolute Gasteiger partial charge is 0.295 e. The Morgan fingerprint density at radius 1 is 1.00 bits per heavy atom. The van der Waals surface area contributed by atoms with Gasteiger partial charge in [0.25, 0.3) is 11.7 Å². The van der Waals surface area contributed by atoms with E-state index in [2.05, 4.69) is 4.90 Å². The average Bonchev–Trinajstić information content (AvgIpc) is 3.49. The van der Waals surface area contributed by atoms with Crippen LogP contribution in [0.25, 0.3) is 5.76 Å². The Bertz CT molecular complexity index is 1170. The molecule has 5 rings (SSSR count). The number of Topliss-reactive ketones (excluding diaryl/α,β-unsaturated/α-hetero) is 1. The van der Waals surface area contributed by atoms with E-state index in [1.807, 2.05) is 38.1 Å². The first kappa shape index (κ1) is 24.2. The van der Waals surface area contributed by atoms with Crippen molar-refractivity contribution in [2.45, 2.75) is 38.8 Å². The minimum Gasteiger partial charge on any atom is -0.507 e. The molecular formula is C28H32N2O6. The molecule has 0 aliphatic carbocycles. The van der Waals surface area contributed by atoms with E-state index < -0.39 is 17.7 Å². The Hall–Kier alpha value is -3.52. The van der Waals surface area contributed by atoms with Crippen molar-refractivity contribution in [3.05, 3.63) is 59.2 Å². The van der Waals surface area contributed by atoms with Crippen LogP contribution in [0.2, 0.25) is 0 Å². The zero-order valence-corrected chi connectivity index (χ0v) is 20.7. The zero-order valence-electron chi connectivity index (χ0n) is 20.7. The number of ether oxygens (including phenoxy) is 3. The standard InChI is InChI=1S/C28H32N2O6/c1-18(2)36-21-8-5-19(6-9-21)25-24(26(31)20-7-10-22-23(17-20)35-16-15-34-22)27(32)28(33)30(25)14-13-29-11-3-4-12-29/h5-10,17-18,25,31H,3-4,11-16H2,1-2H3/b26-24+. The Morgan fingerprint density at radius 3 is 2.39 bits per heavy atom. The fourth-order valence-electron chi connectivity index (χ4n) is 5.06. The third-order valence-electron chi connectivity index (χ3n) is 6.78. The van der Waals surface area contributed by atoms with Gasteiger partial charge in [0, 0.05) is 18.7 Å². The number of likely N-dealkylation sites (tertiary alicyclic amines) is 2. The number of hydrogen-bond donors (Lipinski definition) is 1. The molecule has 0 radical (unpaired) electrons. The van der Waals surface area contributed by atoms with Gasteiger partial charge in [-0.3, -0.25) is 9.59 Å². The molecule has 0 saturated carbocycles. The Kier molecular flexibility index (Phi) is 6.87. The molecule has 2 aromatic carbocycles. The van der Waals surface area contributed by atoms with Crippen LogP contribution in [0.1, 0.15) is 43.9 Å². The highest BCUT2D eigenvalue weighted by molar-refractivity contribution is 6.46. The number of fused-ring (bicyclic) bond motifs is 1. The maximum absolute atomic E-state index is 13.3. The molecule has 3 aliphatic heterocycles. The number of benzene rings is 2. The third-order valence-corrected chi connectivity index (χ3v) is 6.78. The maximum Gasteiger partial charge on any atom is 0.295 e. The average molecular weight is 493 g/mol. The van der Waals surface area contributed by atoms with E-state index >= 15 is 0 Å². The molecule has 8 nitrogen and oxygen atoms in total. The van der Waals surface area contributed by atoms with E-state index in [9.17, 15) is 14.7 Å². The second-order valence-electron chi connectivity index (χ2n) is 9.64. The quantitative estimate of drug-likeness (QED) is 0.358. The molecule has 1 unspecified atom stereocenters. The summed E-state index contributed by atoms with van der Waals surface area (Å²) in [6.45, 7) is 7.84. The number of amides is 1. The van der Waals surface area contributed by atoms with E-state index in [4.69, 9.17) is 14.2 Å². The highest BCUT2D eigenvalue weighted by atomic mass is 16.6. The lowest BCUT2D eigenvalue weighted by Gasteiger charge is -2.27. The van der Waals surface area contributed by atoms with Crippen LogP contribution in [-0.4, -0.2) is 72.1 Å². The fourth-order valence-corrected chi connectivity index (χ4v) is 5.06. The van der Waals surface area contributed by atoms with E-state index in [0.717, 1.165) is 31.5 Å². The van der Waals surface area contributed by atoms with Gasteiger partial charge in [-0.15, -0.1) is 0 Å². The largest absolute Gasteiger partial charge is 0.507 e. The second kappa shape index (κ2) is 10.2. The van der Waals surface area contributed by atoms with Gasteiger partial charge in [0.15, 0.2) is 11.5 Å². The number of aliphatic hydroxyl groups is 1. The molecule has 3 heterocycles. The summed E-state index contributed by atoms with van der Waals surface area (Å²) in [5.41, 5.74) is 1.23. The lowest BCUT2D eigenvalue weighted by atomic mass is 9.95. The lowest BCUT2D eigenvalue weighted by molar-refractivity contribution is -0.140. The van der Waals surface area contributed by atoms with Gasteiger partial charge in [-0.2, -0.15) is 0 Å². The summed E-state index contributed by atoms with van der Waals surface area (Å²) in [4.78, 5) is 30.4. The molecule has 0 bridgehead atoms. The van der Waals surface area contributed by atoms with E-state index in [-0.39, 0.29) is 17.4 Å². The summed E-state index contributed by atoms with van der Waals surface area (Å²) in [5.74, 6) is 0.287. The summed E-state index contributed by atoms with van der Waals surface area (Å²) in [5, 5.41) is 11.4. The topological polar surface area (TPSA) is 88.5 Å². The van der Waals surface area contributed by atoms with Gasteiger partial charge in [0.05, 0.1) is 17.7 Å². The zero-order chi connectivity index (χ0) is 25.2.